The van der Waals surface area contributed by atoms with E-state index in [9.17, 15) is 14.5 Å². The van der Waals surface area contributed by atoms with Gasteiger partial charge in [0, 0.05) is 30.5 Å². The molecule has 0 aliphatic heterocycles. The van der Waals surface area contributed by atoms with Gasteiger partial charge in [0.2, 0.25) is 5.91 Å². The molecule has 86 valence electrons. The zero-order valence-electron chi connectivity index (χ0n) is 9.05. The van der Waals surface area contributed by atoms with Crippen LogP contribution in [-0.2, 0) is 9.59 Å². The predicted octanol–water partition coefficient (Wildman–Crippen LogP) is 1.11. The molecule has 6 nitrogen and oxygen atoms in total. The average molecular weight is 234 g/mol. The number of carbonyl (C=O) groups excluding carboxylic acids is 1. The lowest BCUT2D eigenvalue weighted by Crippen LogP contribution is -2.52. The van der Waals surface area contributed by atoms with Crippen molar-refractivity contribution >= 4 is 23.8 Å². The predicted molar refractivity (Wildman–Crippen MR) is 57.3 cm³/mol. The summed E-state index contributed by atoms with van der Waals surface area (Å²) in [4.78, 5) is 33.3. The van der Waals surface area contributed by atoms with E-state index in [4.69, 9.17) is 5.11 Å². The molecule has 1 N–H and O–H groups in total. The van der Waals surface area contributed by atoms with E-state index in [-0.39, 0.29) is 5.91 Å². The van der Waals surface area contributed by atoms with Crippen molar-refractivity contribution in [1.82, 2.24) is 4.90 Å². The fraction of sp³-hybridized carbons (Fsp3) is 0.750. The molecule has 1 amide bonds. The Labute approximate surface area is 92.1 Å². The zero-order chi connectivity index (χ0) is 12.2. The maximum atomic E-state index is 11.1. The third kappa shape index (κ3) is 3.50. The van der Waals surface area contributed by atoms with Gasteiger partial charge >= 0.3 is 5.97 Å². The Balaban J connectivity index is 5.04. The van der Waals surface area contributed by atoms with Crippen LogP contribution in [0.4, 0.5) is 0 Å². The fourth-order valence-electron chi connectivity index (χ4n) is 1.26. The van der Waals surface area contributed by atoms with Crippen LogP contribution in [0, 0.1) is 4.91 Å². The molecule has 1 unspecified atom stereocenters. The van der Waals surface area contributed by atoms with Crippen molar-refractivity contribution < 1.29 is 14.7 Å². The van der Waals surface area contributed by atoms with Crippen molar-refractivity contribution in [3.63, 3.8) is 0 Å². The number of hydrogen-bond acceptors (Lipinski definition) is 5. The minimum atomic E-state index is -1.16. The number of likely N-dealkylation sites (N-methyl/N-ethyl adjacent to an activating group) is 1. The van der Waals surface area contributed by atoms with Gasteiger partial charge in [-0.25, -0.2) is 4.79 Å². The van der Waals surface area contributed by atoms with Gasteiger partial charge in [-0.05, 0) is 13.8 Å². The van der Waals surface area contributed by atoms with E-state index in [2.05, 4.69) is 4.58 Å². The summed E-state index contributed by atoms with van der Waals surface area (Å²) in [6, 6.07) is -1.09. The Kier molecular flexibility index (Phi) is 4.73. The van der Waals surface area contributed by atoms with Gasteiger partial charge in [0.05, 0.1) is 4.75 Å². The van der Waals surface area contributed by atoms with E-state index in [0.29, 0.717) is 11.9 Å². The highest BCUT2D eigenvalue weighted by Crippen LogP contribution is 2.31. The van der Waals surface area contributed by atoms with Gasteiger partial charge < -0.3 is 10.0 Å². The van der Waals surface area contributed by atoms with Crippen molar-refractivity contribution in [2.45, 2.75) is 31.6 Å². The summed E-state index contributed by atoms with van der Waals surface area (Å²) in [5.41, 5.74) is 0. The first-order chi connectivity index (χ1) is 6.74. The zero-order valence-corrected chi connectivity index (χ0v) is 9.87. The molecule has 15 heavy (non-hydrogen) atoms. The summed E-state index contributed by atoms with van der Waals surface area (Å²) in [6.07, 6.45) is 0. The molecule has 0 rings (SSSR count). The van der Waals surface area contributed by atoms with Crippen molar-refractivity contribution in [3.8, 4) is 0 Å². The minimum Gasteiger partial charge on any atom is -0.480 e. The van der Waals surface area contributed by atoms with Crippen molar-refractivity contribution in [3.05, 3.63) is 4.91 Å². The Morgan fingerprint density at radius 2 is 1.93 bits per heavy atom. The largest absolute Gasteiger partial charge is 0.480 e. The molecular formula is C8H14N2O4S. The van der Waals surface area contributed by atoms with Crippen molar-refractivity contribution in [2.75, 3.05) is 7.05 Å². The van der Waals surface area contributed by atoms with Gasteiger partial charge in [0.15, 0.2) is 0 Å². The standard InChI is InChI=1S/C8H14N2O4S/c1-5(11)10(4)6(7(12)13)8(2,3)15-9-14/h6H,1-4H3,(H,12,13). The SMILES string of the molecule is CC(=O)N(C)C(C(=O)O)C(C)(C)SN=O. The highest BCUT2D eigenvalue weighted by molar-refractivity contribution is 7.99. The van der Waals surface area contributed by atoms with E-state index in [1.165, 1.54) is 14.0 Å². The molecule has 7 heteroatoms. The number of carboxylic acid groups (broad SMARTS) is 1. The lowest BCUT2D eigenvalue weighted by molar-refractivity contribution is -0.149. The molecule has 0 aromatic rings. The lowest BCUT2D eigenvalue weighted by Gasteiger charge is -2.33. The number of carboxylic acids is 1. The van der Waals surface area contributed by atoms with Gasteiger partial charge in [0.25, 0.3) is 0 Å². The molecule has 1 atom stereocenters. The number of aliphatic carboxylic acids is 1. The number of carbonyl (C=O) groups is 2. The number of amides is 1. The topological polar surface area (TPSA) is 87.0 Å². The van der Waals surface area contributed by atoms with Gasteiger partial charge in [-0.3, -0.25) is 4.79 Å². The van der Waals surface area contributed by atoms with Crippen molar-refractivity contribution in [2.24, 2.45) is 4.58 Å². The first-order valence-corrected chi connectivity index (χ1v) is 4.98. The summed E-state index contributed by atoms with van der Waals surface area (Å²) >= 11 is 0.610. The summed E-state index contributed by atoms with van der Waals surface area (Å²) in [6.45, 7) is 4.37. The van der Waals surface area contributed by atoms with E-state index in [0.717, 1.165) is 4.90 Å². The van der Waals surface area contributed by atoms with Crippen LogP contribution >= 0.6 is 11.9 Å². The summed E-state index contributed by atoms with van der Waals surface area (Å²) in [5.74, 6) is -1.53. The van der Waals surface area contributed by atoms with E-state index < -0.39 is 16.8 Å². The summed E-state index contributed by atoms with van der Waals surface area (Å²) in [5, 5.41) is 9.00. The van der Waals surface area contributed by atoms with Crippen LogP contribution in [0.2, 0.25) is 0 Å². The quantitative estimate of drug-likeness (QED) is 0.568. The molecule has 0 radical (unpaired) electrons. The Morgan fingerprint density at radius 3 is 2.20 bits per heavy atom. The second-order valence-corrected chi connectivity index (χ2v) is 5.02. The van der Waals surface area contributed by atoms with Crippen LogP contribution in [0.25, 0.3) is 0 Å². The second kappa shape index (κ2) is 5.11. The second-order valence-electron chi connectivity index (χ2n) is 3.64. The molecule has 0 spiro atoms. The van der Waals surface area contributed by atoms with E-state index >= 15 is 0 Å². The summed E-state index contributed by atoms with van der Waals surface area (Å²) in [7, 11) is 1.38. The highest BCUT2D eigenvalue weighted by Gasteiger charge is 2.41. The number of hydrogen-bond donors (Lipinski definition) is 1. The average Bonchev–Trinajstić information content (AvgIpc) is 2.01. The van der Waals surface area contributed by atoms with Gasteiger partial charge in [-0.2, -0.15) is 0 Å². The lowest BCUT2D eigenvalue weighted by atomic mass is 10.0. The molecule has 0 aliphatic carbocycles. The highest BCUT2D eigenvalue weighted by atomic mass is 32.2. The Morgan fingerprint density at radius 1 is 1.47 bits per heavy atom. The molecular weight excluding hydrogens is 220 g/mol. The minimum absolute atomic E-state index is 0.373. The molecule has 0 saturated carbocycles. The number of nitroso groups, excluding NO2 is 1. The molecule has 0 aromatic heterocycles. The van der Waals surface area contributed by atoms with Crippen LogP contribution in [0.15, 0.2) is 4.58 Å². The Hall–Kier alpha value is -1.11. The summed E-state index contributed by atoms with van der Waals surface area (Å²) < 4.78 is 1.65. The number of nitrogens with zero attached hydrogens (tertiary/aromatic N) is 2. The van der Waals surface area contributed by atoms with Crippen LogP contribution in [-0.4, -0.2) is 39.7 Å². The third-order valence-electron chi connectivity index (χ3n) is 2.05. The van der Waals surface area contributed by atoms with E-state index in [1.807, 2.05) is 0 Å². The van der Waals surface area contributed by atoms with Crippen molar-refractivity contribution in [1.29, 1.82) is 0 Å². The normalized spacial score (nSPS) is 13.1. The maximum Gasteiger partial charge on any atom is 0.327 e. The molecule has 0 aliphatic rings. The van der Waals surface area contributed by atoms with Crippen LogP contribution < -0.4 is 0 Å². The van der Waals surface area contributed by atoms with Crippen LogP contribution in [0.1, 0.15) is 20.8 Å². The number of rotatable bonds is 5. The monoisotopic (exact) mass is 234 g/mol. The molecule has 0 bridgehead atoms. The first-order valence-electron chi connectivity index (χ1n) is 4.21. The molecule has 0 saturated heterocycles. The third-order valence-corrected chi connectivity index (χ3v) is 2.82. The van der Waals surface area contributed by atoms with Gasteiger partial charge in [-0.15, -0.1) is 4.91 Å². The molecule has 0 heterocycles. The van der Waals surface area contributed by atoms with Gasteiger partial charge in [-0.1, -0.05) is 0 Å². The van der Waals surface area contributed by atoms with Gasteiger partial charge in [0.1, 0.15) is 6.04 Å². The smallest absolute Gasteiger partial charge is 0.327 e. The first kappa shape index (κ1) is 13.9. The van der Waals surface area contributed by atoms with E-state index in [1.54, 1.807) is 13.8 Å². The van der Waals surface area contributed by atoms with Crippen LogP contribution in [0.3, 0.4) is 0 Å². The van der Waals surface area contributed by atoms with Crippen LogP contribution in [0.5, 0.6) is 0 Å². The molecule has 0 aromatic carbocycles. The Bertz CT molecular complexity index is 280. The fourth-order valence-corrected chi connectivity index (χ4v) is 1.81. The maximum absolute atomic E-state index is 11.1. The molecule has 0 fully saturated rings.